The van der Waals surface area contributed by atoms with Crippen molar-refractivity contribution in [3.63, 3.8) is 0 Å². The molecule has 6 heteroatoms. The van der Waals surface area contributed by atoms with Crippen molar-refractivity contribution in [3.8, 4) is 0 Å². The second-order valence-electron chi connectivity index (χ2n) is 3.11. The number of halogens is 1. The van der Waals surface area contributed by atoms with E-state index in [-0.39, 0.29) is 0 Å². The lowest BCUT2D eigenvalue weighted by molar-refractivity contribution is 0.584. The van der Waals surface area contributed by atoms with Gasteiger partial charge in [0.15, 0.2) is 0 Å². The number of anilines is 1. The first kappa shape index (κ1) is 9.57. The quantitative estimate of drug-likeness (QED) is 0.762. The zero-order valence-electron chi connectivity index (χ0n) is 8.18. The van der Waals surface area contributed by atoms with E-state index in [2.05, 4.69) is 20.6 Å². The van der Waals surface area contributed by atoms with E-state index in [1.165, 1.54) is 12.3 Å². The Balaban J connectivity index is 1.96. The Morgan fingerprint density at radius 2 is 2.33 bits per heavy atom. The highest BCUT2D eigenvalue weighted by Gasteiger charge is 1.98. The molecule has 0 aliphatic carbocycles. The van der Waals surface area contributed by atoms with Crippen LogP contribution in [0.4, 0.5) is 10.1 Å². The summed E-state index contributed by atoms with van der Waals surface area (Å²) in [6.07, 6.45) is 3.25. The van der Waals surface area contributed by atoms with Gasteiger partial charge in [-0.3, -0.25) is 4.68 Å². The molecule has 15 heavy (non-hydrogen) atoms. The summed E-state index contributed by atoms with van der Waals surface area (Å²) in [5.41, 5.74) is 1.57. The number of hydrogen-bond donors (Lipinski definition) is 1. The van der Waals surface area contributed by atoms with Crippen LogP contribution in [0.3, 0.4) is 0 Å². The molecule has 5 nitrogen and oxygen atoms in total. The third-order valence-corrected chi connectivity index (χ3v) is 1.85. The number of aromatic nitrogens is 4. The third-order valence-electron chi connectivity index (χ3n) is 1.85. The van der Waals surface area contributed by atoms with Crippen LogP contribution in [0.15, 0.2) is 24.5 Å². The van der Waals surface area contributed by atoms with Gasteiger partial charge in [0.2, 0.25) is 5.95 Å². The molecule has 0 bridgehead atoms. The lowest BCUT2D eigenvalue weighted by atomic mass is 10.4. The van der Waals surface area contributed by atoms with Gasteiger partial charge in [-0.05, 0) is 12.1 Å². The Morgan fingerprint density at radius 3 is 2.93 bits per heavy atom. The fourth-order valence-corrected chi connectivity index (χ4v) is 1.15. The van der Waals surface area contributed by atoms with E-state index in [0.29, 0.717) is 6.54 Å². The van der Waals surface area contributed by atoms with Crippen molar-refractivity contribution in [2.45, 2.75) is 6.54 Å². The average molecular weight is 207 g/mol. The van der Waals surface area contributed by atoms with Crippen LogP contribution < -0.4 is 5.32 Å². The first-order valence-corrected chi connectivity index (χ1v) is 4.44. The van der Waals surface area contributed by atoms with Crippen LogP contribution in [0.5, 0.6) is 0 Å². The van der Waals surface area contributed by atoms with E-state index in [9.17, 15) is 4.39 Å². The molecular weight excluding hydrogens is 197 g/mol. The normalized spacial score (nSPS) is 10.3. The molecule has 0 unspecified atom stereocenters. The highest BCUT2D eigenvalue weighted by Crippen LogP contribution is 2.06. The number of nitrogens with one attached hydrogen (secondary N) is 1. The van der Waals surface area contributed by atoms with Crippen molar-refractivity contribution >= 4 is 5.69 Å². The zero-order chi connectivity index (χ0) is 10.7. The van der Waals surface area contributed by atoms with Crippen molar-refractivity contribution in [1.29, 1.82) is 0 Å². The Labute approximate surface area is 85.9 Å². The highest BCUT2D eigenvalue weighted by molar-refractivity contribution is 5.39. The van der Waals surface area contributed by atoms with Gasteiger partial charge >= 0.3 is 0 Å². The molecule has 0 atom stereocenters. The zero-order valence-corrected chi connectivity index (χ0v) is 8.18. The number of nitrogens with zero attached hydrogens (tertiary/aromatic N) is 4. The van der Waals surface area contributed by atoms with E-state index >= 15 is 0 Å². The van der Waals surface area contributed by atoms with Crippen LogP contribution in [0.25, 0.3) is 0 Å². The van der Waals surface area contributed by atoms with Crippen molar-refractivity contribution in [1.82, 2.24) is 20.0 Å². The molecule has 0 saturated carbocycles. The molecule has 2 aromatic rings. The summed E-state index contributed by atoms with van der Waals surface area (Å²) in [5.74, 6) is -0.486. The summed E-state index contributed by atoms with van der Waals surface area (Å²) >= 11 is 0. The third kappa shape index (κ3) is 2.49. The molecule has 0 aliphatic heterocycles. The molecule has 2 aromatic heterocycles. The second-order valence-corrected chi connectivity index (χ2v) is 3.11. The predicted octanol–water partition coefficient (Wildman–Crippen LogP) is 0.961. The van der Waals surface area contributed by atoms with Gasteiger partial charge in [-0.25, -0.2) is 4.98 Å². The summed E-state index contributed by atoms with van der Waals surface area (Å²) in [6, 6.07) is 2.93. The molecule has 0 radical (unpaired) electrons. The smallest absolute Gasteiger partial charge is 0.212 e. The van der Waals surface area contributed by atoms with E-state index in [0.717, 1.165) is 11.4 Å². The SMILES string of the molecule is Cn1cc(CNc2ccc(F)nc2)nn1. The van der Waals surface area contributed by atoms with E-state index in [1.807, 2.05) is 6.20 Å². The average Bonchev–Trinajstić information content (AvgIpc) is 2.64. The first-order chi connectivity index (χ1) is 7.24. The number of rotatable bonds is 3. The van der Waals surface area contributed by atoms with Crippen molar-refractivity contribution in [3.05, 3.63) is 36.2 Å². The minimum absolute atomic E-state index is 0.486. The monoisotopic (exact) mass is 207 g/mol. The standard InChI is InChI=1S/C9H10FN5/c1-15-6-8(13-14-15)5-11-7-2-3-9(10)12-4-7/h2-4,6,11H,5H2,1H3. The Kier molecular flexibility index (Phi) is 2.57. The maximum Gasteiger partial charge on any atom is 0.212 e. The Hall–Kier alpha value is -1.98. The van der Waals surface area contributed by atoms with E-state index in [1.54, 1.807) is 17.8 Å². The van der Waals surface area contributed by atoms with Crippen LogP contribution >= 0.6 is 0 Å². The number of pyridine rings is 1. The van der Waals surface area contributed by atoms with Gasteiger partial charge in [-0.15, -0.1) is 5.10 Å². The largest absolute Gasteiger partial charge is 0.378 e. The van der Waals surface area contributed by atoms with Gasteiger partial charge in [-0.1, -0.05) is 5.21 Å². The molecule has 0 spiro atoms. The van der Waals surface area contributed by atoms with Crippen LogP contribution in [0, 0.1) is 5.95 Å². The van der Waals surface area contributed by atoms with Crippen LogP contribution in [-0.4, -0.2) is 20.0 Å². The van der Waals surface area contributed by atoms with Crippen molar-refractivity contribution in [2.75, 3.05) is 5.32 Å². The topological polar surface area (TPSA) is 55.6 Å². The van der Waals surface area contributed by atoms with Crippen molar-refractivity contribution < 1.29 is 4.39 Å². The summed E-state index contributed by atoms with van der Waals surface area (Å²) in [6.45, 7) is 0.543. The summed E-state index contributed by atoms with van der Waals surface area (Å²) in [7, 11) is 1.80. The Bertz CT molecular complexity index is 436. The molecule has 0 aromatic carbocycles. The predicted molar refractivity (Wildman–Crippen MR) is 52.5 cm³/mol. The summed E-state index contributed by atoms with van der Waals surface area (Å²) in [5, 5.41) is 10.8. The molecule has 0 fully saturated rings. The fourth-order valence-electron chi connectivity index (χ4n) is 1.15. The molecular formula is C9H10FN5. The van der Waals surface area contributed by atoms with Gasteiger partial charge in [0.05, 0.1) is 18.4 Å². The molecule has 0 saturated heterocycles. The van der Waals surface area contributed by atoms with Crippen LogP contribution in [-0.2, 0) is 13.6 Å². The fraction of sp³-hybridized carbons (Fsp3) is 0.222. The van der Waals surface area contributed by atoms with Gasteiger partial charge in [0, 0.05) is 13.2 Å². The highest BCUT2D eigenvalue weighted by atomic mass is 19.1. The van der Waals surface area contributed by atoms with E-state index < -0.39 is 5.95 Å². The van der Waals surface area contributed by atoms with Gasteiger partial charge in [0.1, 0.15) is 5.69 Å². The van der Waals surface area contributed by atoms with Gasteiger partial charge in [0.25, 0.3) is 0 Å². The minimum atomic E-state index is -0.486. The molecule has 0 amide bonds. The van der Waals surface area contributed by atoms with E-state index in [4.69, 9.17) is 0 Å². The second kappa shape index (κ2) is 4.04. The lowest BCUT2D eigenvalue weighted by Gasteiger charge is -2.02. The molecule has 78 valence electrons. The Morgan fingerprint density at radius 1 is 1.47 bits per heavy atom. The number of aryl methyl sites for hydroxylation is 1. The van der Waals surface area contributed by atoms with Gasteiger partial charge < -0.3 is 5.32 Å². The molecule has 0 aliphatic rings. The first-order valence-electron chi connectivity index (χ1n) is 4.44. The molecule has 2 rings (SSSR count). The molecule has 2 heterocycles. The number of hydrogen-bond acceptors (Lipinski definition) is 4. The van der Waals surface area contributed by atoms with Crippen molar-refractivity contribution in [2.24, 2.45) is 7.05 Å². The molecule has 1 N–H and O–H groups in total. The van der Waals surface area contributed by atoms with Crippen LogP contribution in [0.2, 0.25) is 0 Å². The summed E-state index contributed by atoms with van der Waals surface area (Å²) < 4.78 is 14.1. The minimum Gasteiger partial charge on any atom is -0.378 e. The van der Waals surface area contributed by atoms with Crippen LogP contribution in [0.1, 0.15) is 5.69 Å². The summed E-state index contributed by atoms with van der Waals surface area (Å²) in [4.78, 5) is 3.53. The maximum atomic E-state index is 12.5. The maximum absolute atomic E-state index is 12.5. The lowest BCUT2D eigenvalue weighted by Crippen LogP contribution is -2.00. The van der Waals surface area contributed by atoms with Gasteiger partial charge in [-0.2, -0.15) is 4.39 Å².